The molecule has 2 atom stereocenters. The molecule has 4 rings (SSSR count). The number of carbonyl (C=O) groups is 2. The summed E-state index contributed by atoms with van der Waals surface area (Å²) in [5.41, 5.74) is 8.59. The maximum atomic E-state index is 13.2. The molecular weight excluding hydrogens is 446 g/mol. The Bertz CT molecular complexity index is 1230. The molecule has 1 amide bonds. The van der Waals surface area contributed by atoms with E-state index >= 15 is 0 Å². The van der Waals surface area contributed by atoms with Crippen LogP contribution < -0.4 is 10.5 Å². The van der Waals surface area contributed by atoms with Crippen molar-refractivity contribution in [2.75, 3.05) is 26.0 Å². The Hall–Kier alpha value is -3.62. The van der Waals surface area contributed by atoms with E-state index in [0.29, 0.717) is 30.9 Å². The molecule has 0 aliphatic carbocycles. The molecule has 35 heavy (non-hydrogen) atoms. The first kappa shape index (κ1) is 24.5. The number of benzene rings is 1. The molecule has 1 saturated heterocycles. The van der Waals surface area contributed by atoms with Gasteiger partial charge in [-0.1, -0.05) is 32.9 Å². The highest BCUT2D eigenvalue weighted by Gasteiger charge is 2.42. The number of carbonyl (C=O) groups excluding carboxylic acids is 2. The van der Waals surface area contributed by atoms with Crippen molar-refractivity contribution in [1.82, 2.24) is 19.4 Å². The highest BCUT2D eigenvalue weighted by molar-refractivity contribution is 6.00. The standard InChI is InChI=1S/C26H33N5O4/c1-6-35-25(33)20-11-17(13-31(20)21(32)12-26(2,3)4)30-14-19(16-7-9-18(34-5)10-8-16)22-23(27)28-15-29-24(22)30/h7-10,14-15,17,20H,6,11-13H2,1-5H3,(H2,27,28,29). The molecule has 9 nitrogen and oxygen atoms in total. The van der Waals surface area contributed by atoms with Gasteiger partial charge in [-0.3, -0.25) is 4.79 Å². The van der Waals surface area contributed by atoms with Gasteiger partial charge in [0.25, 0.3) is 0 Å². The topological polar surface area (TPSA) is 113 Å². The van der Waals surface area contributed by atoms with Crippen LogP contribution in [0.3, 0.4) is 0 Å². The Kier molecular flexibility index (Phi) is 6.69. The fraction of sp³-hybridized carbons (Fsp3) is 0.462. The first-order chi connectivity index (χ1) is 16.6. The minimum Gasteiger partial charge on any atom is -0.497 e. The summed E-state index contributed by atoms with van der Waals surface area (Å²) in [4.78, 5) is 36.4. The molecular formula is C26H33N5O4. The average molecular weight is 480 g/mol. The number of anilines is 1. The molecule has 0 spiro atoms. The van der Waals surface area contributed by atoms with Gasteiger partial charge in [-0.2, -0.15) is 0 Å². The monoisotopic (exact) mass is 479 g/mol. The molecule has 186 valence electrons. The lowest BCUT2D eigenvalue weighted by molar-refractivity contribution is -0.153. The summed E-state index contributed by atoms with van der Waals surface area (Å²) in [6.07, 6.45) is 4.20. The quantitative estimate of drug-likeness (QED) is 0.535. The fourth-order valence-corrected chi connectivity index (χ4v) is 4.68. The van der Waals surface area contributed by atoms with Gasteiger partial charge in [-0.25, -0.2) is 14.8 Å². The molecule has 2 N–H and O–H groups in total. The van der Waals surface area contributed by atoms with Crippen LogP contribution in [0.15, 0.2) is 36.8 Å². The summed E-state index contributed by atoms with van der Waals surface area (Å²) in [5, 5.41) is 0.741. The summed E-state index contributed by atoms with van der Waals surface area (Å²) in [6, 6.07) is 6.88. The number of nitrogens with two attached hydrogens (primary N) is 1. The summed E-state index contributed by atoms with van der Waals surface area (Å²) in [7, 11) is 1.62. The molecule has 1 aromatic carbocycles. The zero-order chi connectivity index (χ0) is 25.3. The van der Waals surface area contributed by atoms with Gasteiger partial charge >= 0.3 is 5.97 Å². The number of ether oxygens (including phenoxy) is 2. The molecule has 1 aliphatic rings. The lowest BCUT2D eigenvalue weighted by atomic mass is 9.91. The van der Waals surface area contributed by atoms with Crippen LogP contribution in [0.2, 0.25) is 0 Å². The van der Waals surface area contributed by atoms with Gasteiger partial charge in [0.05, 0.1) is 25.1 Å². The van der Waals surface area contributed by atoms with Crippen LogP contribution in [-0.2, 0) is 14.3 Å². The van der Waals surface area contributed by atoms with E-state index in [1.807, 2.05) is 55.8 Å². The zero-order valence-corrected chi connectivity index (χ0v) is 20.9. The summed E-state index contributed by atoms with van der Waals surface area (Å²) in [6.45, 7) is 8.45. The van der Waals surface area contributed by atoms with Crippen LogP contribution in [0.5, 0.6) is 5.75 Å². The van der Waals surface area contributed by atoms with E-state index in [1.165, 1.54) is 6.33 Å². The highest BCUT2D eigenvalue weighted by atomic mass is 16.5. The van der Waals surface area contributed by atoms with Gasteiger partial charge in [0.2, 0.25) is 5.91 Å². The van der Waals surface area contributed by atoms with Crippen LogP contribution in [0.25, 0.3) is 22.2 Å². The number of hydrogen-bond donors (Lipinski definition) is 1. The Morgan fingerprint density at radius 3 is 2.51 bits per heavy atom. The molecule has 1 aliphatic heterocycles. The minimum atomic E-state index is -0.643. The fourth-order valence-electron chi connectivity index (χ4n) is 4.68. The number of aromatic nitrogens is 3. The molecule has 0 radical (unpaired) electrons. The van der Waals surface area contributed by atoms with E-state index in [2.05, 4.69) is 9.97 Å². The largest absolute Gasteiger partial charge is 0.497 e. The smallest absolute Gasteiger partial charge is 0.328 e. The van der Waals surface area contributed by atoms with Crippen LogP contribution in [0, 0.1) is 5.41 Å². The number of nitrogens with zero attached hydrogens (tertiary/aromatic N) is 4. The van der Waals surface area contributed by atoms with Gasteiger partial charge in [-0.05, 0) is 30.0 Å². The Balaban J connectivity index is 1.76. The summed E-state index contributed by atoms with van der Waals surface area (Å²) >= 11 is 0. The minimum absolute atomic E-state index is 0.0565. The first-order valence-electron chi connectivity index (χ1n) is 11.8. The van der Waals surface area contributed by atoms with Crippen LogP contribution in [-0.4, -0.2) is 57.6 Å². The van der Waals surface area contributed by atoms with Crippen molar-refractivity contribution in [2.45, 2.75) is 52.6 Å². The van der Waals surface area contributed by atoms with Crippen LogP contribution in [0.4, 0.5) is 5.82 Å². The van der Waals surface area contributed by atoms with Crippen molar-refractivity contribution in [3.05, 3.63) is 36.8 Å². The Morgan fingerprint density at radius 2 is 1.89 bits per heavy atom. The van der Waals surface area contributed by atoms with Crippen molar-refractivity contribution >= 4 is 28.7 Å². The van der Waals surface area contributed by atoms with E-state index in [-0.39, 0.29) is 29.9 Å². The van der Waals surface area contributed by atoms with Gasteiger partial charge in [0.1, 0.15) is 29.6 Å². The average Bonchev–Trinajstić information content (AvgIpc) is 3.41. The van der Waals surface area contributed by atoms with Crippen molar-refractivity contribution in [3.8, 4) is 16.9 Å². The SMILES string of the molecule is CCOC(=O)C1CC(n2cc(-c3ccc(OC)cc3)c3c(N)ncnc32)CN1C(=O)CC(C)(C)C. The number of nitrogen functional groups attached to an aromatic ring is 1. The lowest BCUT2D eigenvalue weighted by Crippen LogP contribution is -2.42. The van der Waals surface area contributed by atoms with Crippen LogP contribution in [0.1, 0.15) is 46.6 Å². The number of amides is 1. The maximum Gasteiger partial charge on any atom is 0.328 e. The van der Waals surface area contributed by atoms with Gasteiger partial charge < -0.3 is 24.7 Å². The number of rotatable bonds is 6. The molecule has 3 heterocycles. The van der Waals surface area contributed by atoms with Crippen molar-refractivity contribution < 1.29 is 19.1 Å². The van der Waals surface area contributed by atoms with E-state index in [9.17, 15) is 9.59 Å². The Labute approximate surface area is 205 Å². The Morgan fingerprint density at radius 1 is 1.17 bits per heavy atom. The molecule has 1 fully saturated rings. The summed E-state index contributed by atoms with van der Waals surface area (Å²) < 4.78 is 12.6. The second-order valence-corrected chi connectivity index (χ2v) is 10.1. The normalized spacial score (nSPS) is 18.1. The second kappa shape index (κ2) is 9.56. The van der Waals surface area contributed by atoms with Gasteiger partial charge in [-0.15, -0.1) is 0 Å². The van der Waals surface area contributed by atoms with Gasteiger partial charge in [0.15, 0.2) is 0 Å². The third-order valence-corrected chi connectivity index (χ3v) is 6.27. The van der Waals surface area contributed by atoms with E-state index in [4.69, 9.17) is 15.2 Å². The molecule has 0 saturated carbocycles. The van der Waals surface area contributed by atoms with Crippen LogP contribution >= 0.6 is 0 Å². The third-order valence-electron chi connectivity index (χ3n) is 6.27. The van der Waals surface area contributed by atoms with E-state index in [0.717, 1.165) is 22.3 Å². The maximum absolute atomic E-state index is 13.2. The lowest BCUT2D eigenvalue weighted by Gasteiger charge is -2.26. The molecule has 2 unspecified atom stereocenters. The molecule has 0 bridgehead atoms. The number of methoxy groups -OCH3 is 1. The van der Waals surface area contributed by atoms with E-state index in [1.54, 1.807) is 18.9 Å². The molecule has 9 heteroatoms. The summed E-state index contributed by atoms with van der Waals surface area (Å²) in [5.74, 6) is 0.695. The number of likely N-dealkylation sites (tertiary alicyclic amines) is 1. The molecule has 2 aromatic heterocycles. The number of fused-ring (bicyclic) bond motifs is 1. The second-order valence-electron chi connectivity index (χ2n) is 10.1. The highest BCUT2D eigenvalue weighted by Crippen LogP contribution is 2.38. The predicted molar refractivity (Wildman–Crippen MR) is 134 cm³/mol. The van der Waals surface area contributed by atoms with Crippen molar-refractivity contribution in [3.63, 3.8) is 0 Å². The number of esters is 1. The predicted octanol–water partition coefficient (Wildman–Crippen LogP) is 3.83. The third kappa shape index (κ3) is 4.94. The first-order valence-corrected chi connectivity index (χ1v) is 11.8. The zero-order valence-electron chi connectivity index (χ0n) is 20.9. The number of hydrogen-bond acceptors (Lipinski definition) is 7. The van der Waals surface area contributed by atoms with Gasteiger partial charge in [0, 0.05) is 31.1 Å². The van der Waals surface area contributed by atoms with Crippen molar-refractivity contribution in [1.29, 1.82) is 0 Å². The van der Waals surface area contributed by atoms with E-state index < -0.39 is 6.04 Å². The van der Waals surface area contributed by atoms with Crippen molar-refractivity contribution in [2.24, 2.45) is 5.41 Å². The molecule has 3 aromatic rings.